The van der Waals surface area contributed by atoms with Crippen LogP contribution in [0.15, 0.2) is 12.3 Å². The van der Waals surface area contributed by atoms with E-state index in [1.807, 2.05) is 33.0 Å². The van der Waals surface area contributed by atoms with Crippen LogP contribution in [0.3, 0.4) is 0 Å². The monoisotopic (exact) mass is 288 g/mol. The summed E-state index contributed by atoms with van der Waals surface area (Å²) < 4.78 is 1.76. The smallest absolute Gasteiger partial charge is 0.228 e. The molecule has 0 bridgehead atoms. The summed E-state index contributed by atoms with van der Waals surface area (Å²) in [5, 5.41) is 7.31. The van der Waals surface area contributed by atoms with E-state index in [4.69, 9.17) is 0 Å². The standard InChI is InChI=1S/C14H18N4O.C2H6/c1-8(2)11-6-12(16-14(19)10-4-5-10)17-18-7-9(3)15-13(11)18;1-2/h6-8,10H,4-5H2,1-3H3,(H,16,17,19);1-2H3. The van der Waals surface area contributed by atoms with Crippen molar-refractivity contribution in [3.05, 3.63) is 23.5 Å². The van der Waals surface area contributed by atoms with Gasteiger partial charge in [-0.3, -0.25) is 4.79 Å². The Labute approximate surface area is 125 Å². The van der Waals surface area contributed by atoms with Crippen molar-refractivity contribution in [2.24, 2.45) is 5.92 Å². The number of imidazole rings is 1. The van der Waals surface area contributed by atoms with Crippen LogP contribution in [0.1, 0.15) is 57.7 Å². The summed E-state index contributed by atoms with van der Waals surface area (Å²) in [6.07, 6.45) is 3.87. The number of hydrogen-bond acceptors (Lipinski definition) is 3. The molecule has 114 valence electrons. The Morgan fingerprint density at radius 3 is 2.62 bits per heavy atom. The second kappa shape index (κ2) is 6.24. The van der Waals surface area contributed by atoms with Gasteiger partial charge in [-0.05, 0) is 31.7 Å². The Bertz CT molecular complexity index is 641. The van der Waals surface area contributed by atoms with Crippen LogP contribution in [-0.2, 0) is 4.79 Å². The van der Waals surface area contributed by atoms with Crippen molar-refractivity contribution in [2.45, 2.75) is 53.4 Å². The normalized spacial score (nSPS) is 14.0. The van der Waals surface area contributed by atoms with E-state index in [1.165, 1.54) is 0 Å². The fraction of sp³-hybridized carbons (Fsp3) is 0.562. The van der Waals surface area contributed by atoms with Crippen LogP contribution < -0.4 is 5.32 Å². The number of amides is 1. The summed E-state index contributed by atoms with van der Waals surface area (Å²) >= 11 is 0. The molecule has 1 amide bonds. The van der Waals surface area contributed by atoms with Crippen LogP contribution in [0.5, 0.6) is 0 Å². The first kappa shape index (κ1) is 15.5. The first-order chi connectivity index (χ1) is 10.0. The number of hydrogen-bond donors (Lipinski definition) is 1. The van der Waals surface area contributed by atoms with Gasteiger partial charge < -0.3 is 5.32 Å². The molecule has 1 fully saturated rings. The van der Waals surface area contributed by atoms with Gasteiger partial charge in [0.2, 0.25) is 5.91 Å². The molecular weight excluding hydrogens is 264 g/mol. The van der Waals surface area contributed by atoms with E-state index in [1.54, 1.807) is 4.52 Å². The predicted molar refractivity (Wildman–Crippen MR) is 84.5 cm³/mol. The maximum atomic E-state index is 11.8. The maximum Gasteiger partial charge on any atom is 0.228 e. The first-order valence-corrected chi connectivity index (χ1v) is 7.72. The molecule has 0 aromatic carbocycles. The van der Waals surface area contributed by atoms with Crippen LogP contribution in [0.25, 0.3) is 5.65 Å². The number of aryl methyl sites for hydroxylation is 1. The summed E-state index contributed by atoms with van der Waals surface area (Å²) in [7, 11) is 0. The molecule has 0 atom stereocenters. The molecule has 3 rings (SSSR count). The van der Waals surface area contributed by atoms with Crippen LogP contribution >= 0.6 is 0 Å². The zero-order valence-corrected chi connectivity index (χ0v) is 13.5. The van der Waals surface area contributed by atoms with E-state index >= 15 is 0 Å². The number of carbonyl (C=O) groups is 1. The van der Waals surface area contributed by atoms with Gasteiger partial charge in [0.15, 0.2) is 11.5 Å². The molecule has 2 aromatic heterocycles. The molecule has 2 heterocycles. The quantitative estimate of drug-likeness (QED) is 0.939. The highest BCUT2D eigenvalue weighted by atomic mass is 16.2. The van der Waals surface area contributed by atoms with Gasteiger partial charge in [0, 0.05) is 11.5 Å². The second-order valence-electron chi connectivity index (χ2n) is 5.55. The maximum absolute atomic E-state index is 11.8. The highest BCUT2D eigenvalue weighted by molar-refractivity contribution is 5.93. The third-order valence-corrected chi connectivity index (χ3v) is 3.40. The molecule has 1 aliphatic rings. The van der Waals surface area contributed by atoms with Gasteiger partial charge in [0.25, 0.3) is 0 Å². The molecule has 5 heteroatoms. The highest BCUT2D eigenvalue weighted by Crippen LogP contribution is 2.30. The zero-order chi connectivity index (χ0) is 15.6. The number of nitrogens with one attached hydrogen (secondary N) is 1. The van der Waals surface area contributed by atoms with Crippen molar-refractivity contribution in [1.29, 1.82) is 0 Å². The molecule has 0 aliphatic heterocycles. The van der Waals surface area contributed by atoms with Crippen molar-refractivity contribution in [3.8, 4) is 0 Å². The molecule has 0 spiro atoms. The summed E-state index contributed by atoms with van der Waals surface area (Å²) in [5.41, 5.74) is 2.91. The average molecular weight is 288 g/mol. The van der Waals surface area contributed by atoms with Crippen molar-refractivity contribution < 1.29 is 4.79 Å². The van der Waals surface area contributed by atoms with Gasteiger partial charge in [-0.1, -0.05) is 27.7 Å². The Morgan fingerprint density at radius 1 is 1.38 bits per heavy atom. The molecule has 21 heavy (non-hydrogen) atoms. The first-order valence-electron chi connectivity index (χ1n) is 7.72. The van der Waals surface area contributed by atoms with E-state index in [0.29, 0.717) is 11.7 Å². The number of carbonyl (C=O) groups excluding carboxylic acids is 1. The van der Waals surface area contributed by atoms with Gasteiger partial charge in [0.05, 0.1) is 11.9 Å². The second-order valence-corrected chi connectivity index (χ2v) is 5.55. The van der Waals surface area contributed by atoms with Gasteiger partial charge in [-0.15, -0.1) is 5.10 Å². The predicted octanol–water partition coefficient (Wildman–Crippen LogP) is 3.54. The van der Waals surface area contributed by atoms with Crippen molar-refractivity contribution >= 4 is 17.4 Å². The van der Waals surface area contributed by atoms with Gasteiger partial charge in [-0.2, -0.15) is 0 Å². The van der Waals surface area contributed by atoms with E-state index in [9.17, 15) is 4.79 Å². The van der Waals surface area contributed by atoms with Gasteiger partial charge in [-0.25, -0.2) is 9.50 Å². The number of nitrogens with zero attached hydrogens (tertiary/aromatic N) is 3. The molecule has 0 saturated heterocycles. The molecule has 1 saturated carbocycles. The molecule has 1 aliphatic carbocycles. The minimum Gasteiger partial charge on any atom is -0.309 e. The summed E-state index contributed by atoms with van der Waals surface area (Å²) in [6.45, 7) is 10.2. The van der Waals surface area contributed by atoms with Crippen molar-refractivity contribution in [1.82, 2.24) is 14.6 Å². The molecule has 0 unspecified atom stereocenters. The fourth-order valence-electron chi connectivity index (χ4n) is 2.17. The highest BCUT2D eigenvalue weighted by Gasteiger charge is 2.30. The van der Waals surface area contributed by atoms with E-state index in [0.717, 1.165) is 29.7 Å². The lowest BCUT2D eigenvalue weighted by molar-refractivity contribution is -0.117. The lowest BCUT2D eigenvalue weighted by Gasteiger charge is -2.10. The Hall–Kier alpha value is -1.91. The van der Waals surface area contributed by atoms with Crippen LogP contribution in [0.4, 0.5) is 5.82 Å². The summed E-state index contributed by atoms with van der Waals surface area (Å²) in [6, 6.07) is 1.94. The summed E-state index contributed by atoms with van der Waals surface area (Å²) in [5.74, 6) is 1.22. The van der Waals surface area contributed by atoms with Crippen LogP contribution in [0.2, 0.25) is 0 Å². The van der Waals surface area contributed by atoms with E-state index in [2.05, 4.69) is 29.2 Å². The fourth-order valence-corrected chi connectivity index (χ4v) is 2.17. The third-order valence-electron chi connectivity index (χ3n) is 3.40. The lowest BCUT2D eigenvalue weighted by Crippen LogP contribution is -2.16. The van der Waals surface area contributed by atoms with Crippen molar-refractivity contribution in [3.63, 3.8) is 0 Å². The van der Waals surface area contributed by atoms with Crippen molar-refractivity contribution in [2.75, 3.05) is 5.32 Å². The molecule has 1 N–H and O–H groups in total. The number of rotatable bonds is 3. The Morgan fingerprint density at radius 2 is 2.05 bits per heavy atom. The largest absolute Gasteiger partial charge is 0.309 e. The molecule has 2 aromatic rings. The number of anilines is 1. The topological polar surface area (TPSA) is 59.3 Å². The van der Waals surface area contributed by atoms with Crippen LogP contribution in [0, 0.1) is 12.8 Å². The Kier molecular flexibility index (Phi) is 4.60. The SMILES string of the molecule is CC.Cc1cn2nc(NC(=O)C3CC3)cc(C(C)C)c2n1. The molecule has 0 radical (unpaired) electrons. The number of fused-ring (bicyclic) bond motifs is 1. The van der Waals surface area contributed by atoms with Gasteiger partial charge >= 0.3 is 0 Å². The Balaban J connectivity index is 0.000000774. The molecule has 5 nitrogen and oxygen atoms in total. The third kappa shape index (κ3) is 3.40. The van der Waals surface area contributed by atoms with Crippen LogP contribution in [-0.4, -0.2) is 20.5 Å². The van der Waals surface area contributed by atoms with E-state index in [-0.39, 0.29) is 11.8 Å². The minimum atomic E-state index is 0.0818. The summed E-state index contributed by atoms with van der Waals surface area (Å²) in [4.78, 5) is 16.3. The minimum absolute atomic E-state index is 0.0818. The van der Waals surface area contributed by atoms with Gasteiger partial charge in [0.1, 0.15) is 0 Å². The lowest BCUT2D eigenvalue weighted by atomic mass is 10.1. The van der Waals surface area contributed by atoms with E-state index < -0.39 is 0 Å². The average Bonchev–Trinajstić information content (AvgIpc) is 3.22. The zero-order valence-electron chi connectivity index (χ0n) is 13.5. The molecular formula is C16H24N4O. The number of aromatic nitrogens is 3.